The lowest BCUT2D eigenvalue weighted by molar-refractivity contribution is -0.707. The SMILES string of the molecule is c1ccc(C2CCc3nn(-c4ccccc4)c[n+]32)cc1. The normalized spacial score (nSPS) is 17.1. The van der Waals surface area contributed by atoms with Crippen molar-refractivity contribution in [3.05, 3.63) is 78.4 Å². The molecular weight excluding hydrogens is 246 g/mol. The van der Waals surface area contributed by atoms with E-state index in [0.29, 0.717) is 6.04 Å². The molecule has 1 aliphatic heterocycles. The summed E-state index contributed by atoms with van der Waals surface area (Å²) in [6.07, 6.45) is 4.30. The largest absolute Gasteiger partial charge is 0.278 e. The molecule has 0 saturated heterocycles. The molecule has 3 nitrogen and oxygen atoms in total. The van der Waals surface area contributed by atoms with E-state index in [1.165, 1.54) is 11.4 Å². The minimum atomic E-state index is 0.420. The van der Waals surface area contributed by atoms with Gasteiger partial charge in [0.05, 0.1) is 0 Å². The van der Waals surface area contributed by atoms with Crippen LogP contribution in [0.5, 0.6) is 0 Å². The second kappa shape index (κ2) is 4.60. The minimum absolute atomic E-state index is 0.420. The zero-order valence-electron chi connectivity index (χ0n) is 11.2. The number of aromatic nitrogens is 3. The van der Waals surface area contributed by atoms with E-state index in [1.54, 1.807) is 0 Å². The highest BCUT2D eigenvalue weighted by molar-refractivity contribution is 5.29. The van der Waals surface area contributed by atoms with Crippen LogP contribution in [0, 0.1) is 0 Å². The van der Waals surface area contributed by atoms with Crippen LogP contribution in [-0.2, 0) is 6.42 Å². The second-order valence-electron chi connectivity index (χ2n) is 5.18. The molecule has 0 N–H and O–H groups in total. The smallest absolute Gasteiger partial charge is 0.227 e. The average Bonchev–Trinajstić information content (AvgIpc) is 3.09. The summed E-state index contributed by atoms with van der Waals surface area (Å²) in [5.41, 5.74) is 2.48. The van der Waals surface area contributed by atoms with Crippen LogP contribution in [0.3, 0.4) is 0 Å². The van der Waals surface area contributed by atoms with Crippen LogP contribution in [0.1, 0.15) is 23.9 Å². The van der Waals surface area contributed by atoms with Crippen molar-refractivity contribution in [3.8, 4) is 5.69 Å². The molecular formula is C17H16N3+. The summed E-state index contributed by atoms with van der Waals surface area (Å²) in [5.74, 6) is 1.17. The average molecular weight is 262 g/mol. The standard InChI is InChI=1S/C17H16N3/c1-3-7-14(8-4-1)16-11-12-17-18-20(13-19(16)17)15-9-5-2-6-10-15/h1-10,13,16H,11-12H2/q+1. The van der Waals surface area contributed by atoms with Crippen molar-refractivity contribution in [1.29, 1.82) is 0 Å². The molecule has 2 aromatic carbocycles. The zero-order valence-corrected chi connectivity index (χ0v) is 11.2. The van der Waals surface area contributed by atoms with Gasteiger partial charge in [0, 0.05) is 11.5 Å². The molecule has 1 unspecified atom stereocenters. The van der Waals surface area contributed by atoms with Gasteiger partial charge in [0.25, 0.3) is 5.82 Å². The first-order valence-electron chi connectivity index (χ1n) is 7.02. The Morgan fingerprint density at radius 2 is 1.65 bits per heavy atom. The Morgan fingerprint density at radius 1 is 0.950 bits per heavy atom. The van der Waals surface area contributed by atoms with Gasteiger partial charge in [-0.25, -0.2) is 4.57 Å². The predicted octanol–water partition coefficient (Wildman–Crippen LogP) is 2.70. The van der Waals surface area contributed by atoms with Gasteiger partial charge in [-0.15, -0.1) is 0 Å². The first-order chi connectivity index (χ1) is 9.92. The van der Waals surface area contributed by atoms with Crippen molar-refractivity contribution < 1.29 is 4.57 Å². The fourth-order valence-electron chi connectivity index (χ4n) is 2.94. The number of hydrogen-bond donors (Lipinski definition) is 0. The van der Waals surface area contributed by atoms with Crippen LogP contribution < -0.4 is 4.57 Å². The van der Waals surface area contributed by atoms with Gasteiger partial charge in [-0.1, -0.05) is 53.2 Å². The maximum atomic E-state index is 4.72. The highest BCUT2D eigenvalue weighted by Gasteiger charge is 2.32. The molecule has 0 aliphatic carbocycles. The van der Waals surface area contributed by atoms with E-state index in [1.807, 2.05) is 22.9 Å². The maximum Gasteiger partial charge on any atom is 0.278 e. The number of nitrogens with zero attached hydrogens (tertiary/aromatic N) is 3. The van der Waals surface area contributed by atoms with Gasteiger partial charge in [0.1, 0.15) is 11.7 Å². The van der Waals surface area contributed by atoms with Gasteiger partial charge in [-0.3, -0.25) is 0 Å². The Balaban J connectivity index is 1.74. The van der Waals surface area contributed by atoms with E-state index in [-0.39, 0.29) is 0 Å². The molecule has 0 spiro atoms. The third-order valence-electron chi connectivity index (χ3n) is 3.94. The fourth-order valence-corrected chi connectivity index (χ4v) is 2.94. The van der Waals surface area contributed by atoms with E-state index in [4.69, 9.17) is 5.10 Å². The lowest BCUT2D eigenvalue weighted by Crippen LogP contribution is -2.36. The molecule has 98 valence electrons. The van der Waals surface area contributed by atoms with Crippen LogP contribution >= 0.6 is 0 Å². The quantitative estimate of drug-likeness (QED) is 0.651. The number of rotatable bonds is 2. The van der Waals surface area contributed by atoms with Gasteiger partial charge < -0.3 is 0 Å². The summed E-state index contributed by atoms with van der Waals surface area (Å²) >= 11 is 0. The van der Waals surface area contributed by atoms with E-state index >= 15 is 0 Å². The van der Waals surface area contributed by atoms with Gasteiger partial charge >= 0.3 is 0 Å². The molecule has 4 rings (SSSR count). The van der Waals surface area contributed by atoms with Crippen molar-refractivity contribution in [2.75, 3.05) is 0 Å². The minimum Gasteiger partial charge on any atom is -0.227 e. The van der Waals surface area contributed by atoms with Gasteiger partial charge in [-0.05, 0) is 24.1 Å². The van der Waals surface area contributed by atoms with Gasteiger partial charge in [-0.2, -0.15) is 0 Å². The molecule has 3 heteroatoms. The molecule has 1 atom stereocenters. The van der Waals surface area contributed by atoms with E-state index < -0.39 is 0 Å². The Kier molecular flexibility index (Phi) is 2.62. The van der Waals surface area contributed by atoms with Crippen LogP contribution in [-0.4, -0.2) is 9.78 Å². The van der Waals surface area contributed by atoms with Crippen molar-refractivity contribution >= 4 is 0 Å². The first-order valence-corrected chi connectivity index (χ1v) is 7.02. The molecule has 20 heavy (non-hydrogen) atoms. The number of para-hydroxylation sites is 1. The molecule has 0 fully saturated rings. The van der Waals surface area contributed by atoms with Crippen LogP contribution in [0.4, 0.5) is 0 Å². The summed E-state index contributed by atoms with van der Waals surface area (Å²) in [4.78, 5) is 0. The summed E-state index contributed by atoms with van der Waals surface area (Å²) < 4.78 is 4.28. The fraction of sp³-hybridized carbons (Fsp3) is 0.176. The Bertz CT molecular complexity index is 717. The third-order valence-corrected chi connectivity index (χ3v) is 3.94. The van der Waals surface area contributed by atoms with Crippen molar-refractivity contribution in [2.24, 2.45) is 0 Å². The molecule has 1 aromatic heterocycles. The molecule has 0 bridgehead atoms. The van der Waals surface area contributed by atoms with E-state index in [9.17, 15) is 0 Å². The number of aryl methyl sites for hydroxylation is 1. The number of fused-ring (bicyclic) bond motifs is 1. The topological polar surface area (TPSA) is 21.7 Å². The van der Waals surface area contributed by atoms with Crippen molar-refractivity contribution in [3.63, 3.8) is 0 Å². The van der Waals surface area contributed by atoms with Crippen molar-refractivity contribution in [1.82, 2.24) is 9.78 Å². The Morgan fingerprint density at radius 3 is 2.40 bits per heavy atom. The summed E-state index contributed by atoms with van der Waals surface area (Å²) in [7, 11) is 0. The summed E-state index contributed by atoms with van der Waals surface area (Å²) in [5, 5.41) is 4.72. The Hall–Kier alpha value is -2.42. The highest BCUT2D eigenvalue weighted by atomic mass is 15.4. The Labute approximate surface area is 118 Å². The third kappa shape index (κ3) is 1.83. The number of benzene rings is 2. The first kappa shape index (κ1) is 11.4. The summed E-state index contributed by atoms with van der Waals surface area (Å²) in [6, 6.07) is 21.4. The molecule has 1 aliphatic rings. The van der Waals surface area contributed by atoms with Crippen LogP contribution in [0.15, 0.2) is 67.0 Å². The molecule has 0 amide bonds. The molecule has 3 aromatic rings. The van der Waals surface area contributed by atoms with Crippen LogP contribution in [0.2, 0.25) is 0 Å². The molecule has 0 saturated carbocycles. The predicted molar refractivity (Wildman–Crippen MR) is 76.7 cm³/mol. The van der Waals surface area contributed by atoms with Crippen molar-refractivity contribution in [2.45, 2.75) is 18.9 Å². The van der Waals surface area contributed by atoms with E-state index in [0.717, 1.165) is 18.5 Å². The maximum absolute atomic E-state index is 4.72. The number of hydrogen-bond acceptors (Lipinski definition) is 1. The van der Waals surface area contributed by atoms with Gasteiger partial charge in [0.15, 0.2) is 0 Å². The lowest BCUT2D eigenvalue weighted by Gasteiger charge is -2.08. The monoisotopic (exact) mass is 262 g/mol. The lowest BCUT2D eigenvalue weighted by atomic mass is 10.1. The zero-order chi connectivity index (χ0) is 13.4. The molecule has 2 heterocycles. The van der Waals surface area contributed by atoms with E-state index in [2.05, 4.69) is 53.4 Å². The highest BCUT2D eigenvalue weighted by Crippen LogP contribution is 2.23. The summed E-state index contributed by atoms with van der Waals surface area (Å²) in [6.45, 7) is 0. The van der Waals surface area contributed by atoms with Crippen LogP contribution in [0.25, 0.3) is 5.69 Å². The molecule has 0 radical (unpaired) electrons. The van der Waals surface area contributed by atoms with Gasteiger partial charge in [0.2, 0.25) is 6.33 Å². The second-order valence-corrected chi connectivity index (χ2v) is 5.18.